The first-order valence-corrected chi connectivity index (χ1v) is 5.98. The summed E-state index contributed by atoms with van der Waals surface area (Å²) in [5.74, 6) is 0.436. The van der Waals surface area contributed by atoms with Crippen molar-refractivity contribution in [3.05, 3.63) is 47.1 Å². The van der Waals surface area contributed by atoms with Gasteiger partial charge < -0.3 is 11.1 Å². The van der Waals surface area contributed by atoms with Crippen LogP contribution in [0.3, 0.4) is 0 Å². The second kappa shape index (κ2) is 5.58. The second-order valence-electron chi connectivity index (χ2n) is 4.02. The molecule has 0 aliphatic carbocycles. The van der Waals surface area contributed by atoms with Crippen LogP contribution in [0.15, 0.2) is 36.5 Å². The van der Waals surface area contributed by atoms with Gasteiger partial charge in [0, 0.05) is 10.7 Å². The predicted octanol–water partition coefficient (Wildman–Crippen LogP) is 3.27. The van der Waals surface area contributed by atoms with Crippen molar-refractivity contribution in [3.63, 3.8) is 0 Å². The van der Waals surface area contributed by atoms with Gasteiger partial charge in [-0.15, -0.1) is 0 Å². The summed E-state index contributed by atoms with van der Waals surface area (Å²) < 4.78 is 0. The average molecular weight is 277 g/mol. The van der Waals surface area contributed by atoms with Crippen molar-refractivity contribution >= 4 is 34.8 Å². The fourth-order valence-corrected chi connectivity index (χ4v) is 1.67. The number of nitrogens with two attached hydrogens (primary N) is 1. The highest BCUT2D eigenvalue weighted by molar-refractivity contribution is 6.30. The van der Waals surface area contributed by atoms with E-state index in [0.717, 1.165) is 5.56 Å². The number of aromatic nitrogens is 1. The molecule has 0 aliphatic rings. The first-order valence-electron chi connectivity index (χ1n) is 5.60. The van der Waals surface area contributed by atoms with E-state index in [-0.39, 0.29) is 6.03 Å². The summed E-state index contributed by atoms with van der Waals surface area (Å²) in [6, 6.07) is 8.20. The van der Waals surface area contributed by atoms with Crippen LogP contribution in [0.5, 0.6) is 0 Å². The molecule has 0 spiro atoms. The van der Waals surface area contributed by atoms with Gasteiger partial charge in [-0.1, -0.05) is 17.7 Å². The van der Waals surface area contributed by atoms with Crippen LogP contribution >= 0.6 is 11.6 Å². The number of benzene rings is 1. The molecule has 0 atom stereocenters. The zero-order valence-electron chi connectivity index (χ0n) is 10.3. The molecule has 1 heterocycles. The quantitative estimate of drug-likeness (QED) is 0.787. The van der Waals surface area contributed by atoms with Crippen molar-refractivity contribution in [2.45, 2.75) is 6.92 Å². The molecule has 1 aromatic carbocycles. The second-order valence-corrected chi connectivity index (χ2v) is 4.45. The number of anilines is 3. The lowest BCUT2D eigenvalue weighted by Gasteiger charge is -2.08. The van der Waals surface area contributed by atoms with E-state index in [1.807, 2.05) is 6.92 Å². The summed E-state index contributed by atoms with van der Waals surface area (Å²) in [5.41, 5.74) is 7.70. The molecule has 0 bridgehead atoms. The van der Waals surface area contributed by atoms with E-state index in [4.69, 9.17) is 17.3 Å². The molecule has 0 unspecified atom stereocenters. The van der Waals surface area contributed by atoms with Gasteiger partial charge in [0.25, 0.3) is 0 Å². The number of hydrogen-bond donors (Lipinski definition) is 3. The number of nitrogens with one attached hydrogen (secondary N) is 2. The van der Waals surface area contributed by atoms with Crippen molar-refractivity contribution in [2.75, 3.05) is 16.4 Å². The summed E-state index contributed by atoms with van der Waals surface area (Å²) >= 11 is 5.83. The minimum atomic E-state index is -0.390. The van der Waals surface area contributed by atoms with E-state index < -0.39 is 0 Å². The number of rotatable bonds is 2. The normalized spacial score (nSPS) is 10.0. The molecule has 6 heteroatoms. The van der Waals surface area contributed by atoms with Gasteiger partial charge in [0.2, 0.25) is 0 Å². The standard InChI is InChI=1S/C13H13ClN4O/c1-8-5-12(16-7-11(8)15)18-13(19)17-10-4-2-3-9(14)6-10/h2-7H,15H2,1H3,(H2,16,17,18,19). The Hall–Kier alpha value is -2.27. The zero-order valence-corrected chi connectivity index (χ0v) is 11.0. The Bertz CT molecular complexity index is 615. The van der Waals surface area contributed by atoms with E-state index in [9.17, 15) is 4.79 Å². The average Bonchev–Trinajstić information content (AvgIpc) is 2.34. The molecule has 0 aliphatic heterocycles. The number of hydrogen-bond acceptors (Lipinski definition) is 3. The first-order chi connectivity index (χ1) is 9.04. The topological polar surface area (TPSA) is 80.0 Å². The number of pyridine rings is 1. The third-order valence-electron chi connectivity index (χ3n) is 2.48. The van der Waals surface area contributed by atoms with Gasteiger partial charge in [0.1, 0.15) is 5.82 Å². The molecule has 2 amide bonds. The van der Waals surface area contributed by atoms with Gasteiger partial charge in [-0.05, 0) is 36.8 Å². The Kier molecular flexibility index (Phi) is 3.87. The van der Waals surface area contributed by atoms with Crippen LogP contribution < -0.4 is 16.4 Å². The number of carbonyl (C=O) groups is 1. The van der Waals surface area contributed by atoms with E-state index in [2.05, 4.69) is 15.6 Å². The van der Waals surface area contributed by atoms with E-state index in [0.29, 0.717) is 22.2 Å². The van der Waals surface area contributed by atoms with Gasteiger partial charge in [-0.2, -0.15) is 0 Å². The number of aryl methyl sites for hydroxylation is 1. The van der Waals surface area contributed by atoms with Crippen molar-refractivity contribution in [1.29, 1.82) is 0 Å². The molecule has 0 saturated heterocycles. The third kappa shape index (κ3) is 3.59. The molecule has 5 nitrogen and oxygen atoms in total. The number of nitrogen functional groups attached to an aromatic ring is 1. The van der Waals surface area contributed by atoms with Crippen LogP contribution in [0.1, 0.15) is 5.56 Å². The lowest BCUT2D eigenvalue weighted by Crippen LogP contribution is -2.20. The highest BCUT2D eigenvalue weighted by atomic mass is 35.5. The summed E-state index contributed by atoms with van der Waals surface area (Å²) in [4.78, 5) is 15.8. The van der Waals surface area contributed by atoms with Crippen molar-refractivity contribution in [2.24, 2.45) is 0 Å². The molecule has 0 radical (unpaired) electrons. The minimum Gasteiger partial charge on any atom is -0.397 e. The number of halogens is 1. The fourth-order valence-electron chi connectivity index (χ4n) is 1.48. The van der Waals surface area contributed by atoms with Gasteiger partial charge in [-0.25, -0.2) is 9.78 Å². The molecule has 98 valence electrons. The maximum atomic E-state index is 11.8. The molecule has 2 rings (SSSR count). The van der Waals surface area contributed by atoms with E-state index in [1.165, 1.54) is 6.20 Å². The van der Waals surface area contributed by atoms with Crippen LogP contribution in [0.4, 0.5) is 22.0 Å². The van der Waals surface area contributed by atoms with E-state index in [1.54, 1.807) is 30.3 Å². The third-order valence-corrected chi connectivity index (χ3v) is 2.71. The highest BCUT2D eigenvalue weighted by Crippen LogP contribution is 2.16. The van der Waals surface area contributed by atoms with E-state index >= 15 is 0 Å². The molecular formula is C13H13ClN4O. The van der Waals surface area contributed by atoms with Gasteiger partial charge in [0.05, 0.1) is 11.9 Å². The highest BCUT2D eigenvalue weighted by Gasteiger charge is 2.05. The zero-order chi connectivity index (χ0) is 13.8. The molecule has 0 fully saturated rings. The first kappa shape index (κ1) is 13.2. The molecule has 4 N–H and O–H groups in total. The Balaban J connectivity index is 2.03. The summed E-state index contributed by atoms with van der Waals surface area (Å²) in [6.07, 6.45) is 1.50. The van der Waals surface area contributed by atoms with Crippen LogP contribution in [0, 0.1) is 6.92 Å². The van der Waals surface area contributed by atoms with Crippen molar-refractivity contribution < 1.29 is 4.79 Å². The lowest BCUT2D eigenvalue weighted by atomic mass is 10.2. The number of carbonyl (C=O) groups excluding carboxylic acids is 1. The lowest BCUT2D eigenvalue weighted by molar-refractivity contribution is 0.262. The van der Waals surface area contributed by atoms with Crippen LogP contribution in [-0.4, -0.2) is 11.0 Å². The maximum absolute atomic E-state index is 11.8. The molecule has 2 aromatic rings. The van der Waals surface area contributed by atoms with Gasteiger partial charge in [0.15, 0.2) is 0 Å². The summed E-state index contributed by atoms with van der Waals surface area (Å²) in [6.45, 7) is 1.84. The number of urea groups is 1. The minimum absolute atomic E-state index is 0.390. The molecule has 19 heavy (non-hydrogen) atoms. The van der Waals surface area contributed by atoms with Crippen molar-refractivity contribution in [1.82, 2.24) is 4.98 Å². The molecular weight excluding hydrogens is 264 g/mol. The molecule has 1 aromatic heterocycles. The van der Waals surface area contributed by atoms with Crippen LogP contribution in [0.2, 0.25) is 5.02 Å². The monoisotopic (exact) mass is 276 g/mol. The number of nitrogens with zero attached hydrogens (tertiary/aromatic N) is 1. The molecule has 0 saturated carbocycles. The number of amides is 2. The summed E-state index contributed by atoms with van der Waals surface area (Å²) in [5, 5.41) is 5.83. The van der Waals surface area contributed by atoms with Gasteiger partial charge in [-0.3, -0.25) is 5.32 Å². The fraction of sp³-hybridized carbons (Fsp3) is 0.0769. The van der Waals surface area contributed by atoms with Gasteiger partial charge >= 0.3 is 6.03 Å². The Morgan fingerprint density at radius 3 is 2.79 bits per heavy atom. The maximum Gasteiger partial charge on any atom is 0.324 e. The van der Waals surface area contributed by atoms with Crippen LogP contribution in [-0.2, 0) is 0 Å². The largest absolute Gasteiger partial charge is 0.397 e. The summed E-state index contributed by atoms with van der Waals surface area (Å²) in [7, 11) is 0. The predicted molar refractivity (Wildman–Crippen MR) is 77.5 cm³/mol. The van der Waals surface area contributed by atoms with Crippen LogP contribution in [0.25, 0.3) is 0 Å². The smallest absolute Gasteiger partial charge is 0.324 e. The Labute approximate surface area is 115 Å². The Morgan fingerprint density at radius 1 is 1.32 bits per heavy atom. The SMILES string of the molecule is Cc1cc(NC(=O)Nc2cccc(Cl)c2)ncc1N. The van der Waals surface area contributed by atoms with Crippen molar-refractivity contribution in [3.8, 4) is 0 Å². The Morgan fingerprint density at radius 2 is 2.11 bits per heavy atom.